The lowest BCUT2D eigenvalue weighted by Gasteiger charge is -2.12. The van der Waals surface area contributed by atoms with Crippen molar-refractivity contribution in [1.29, 1.82) is 0 Å². The number of benzene rings is 1. The van der Waals surface area contributed by atoms with Crippen LogP contribution in [0, 0.1) is 5.82 Å². The number of nitrogens with zero attached hydrogens (tertiary/aromatic N) is 2. The molecule has 0 N–H and O–H groups in total. The minimum Gasteiger partial charge on any atom is -0.328 e. The van der Waals surface area contributed by atoms with Gasteiger partial charge in [0.25, 0.3) is 0 Å². The summed E-state index contributed by atoms with van der Waals surface area (Å²) < 4.78 is 15.6. The molecular formula is C14H17Cl2FN2S. The standard InChI is InChI=1S/C14H17Cl2FN2S/c1-9(20-2)4-6-19-13-7-10(16)11(17)8-12(13)18-14(19)3-5-15/h7-9H,3-6H2,1-2H3. The number of hydrogen-bond donors (Lipinski definition) is 0. The Labute approximate surface area is 132 Å². The monoisotopic (exact) mass is 334 g/mol. The summed E-state index contributed by atoms with van der Waals surface area (Å²) >= 11 is 13.6. The Hall–Kier alpha value is -0.450. The van der Waals surface area contributed by atoms with Gasteiger partial charge in [0, 0.05) is 30.2 Å². The summed E-state index contributed by atoms with van der Waals surface area (Å²) in [6, 6.07) is 3.05. The topological polar surface area (TPSA) is 17.8 Å². The van der Waals surface area contributed by atoms with Crippen LogP contribution in [0.2, 0.25) is 5.02 Å². The largest absolute Gasteiger partial charge is 0.328 e. The summed E-state index contributed by atoms with van der Waals surface area (Å²) in [5, 5.41) is 0.696. The van der Waals surface area contributed by atoms with Crippen molar-refractivity contribution in [1.82, 2.24) is 9.55 Å². The van der Waals surface area contributed by atoms with Crippen molar-refractivity contribution >= 4 is 46.0 Å². The first-order valence-electron chi connectivity index (χ1n) is 6.49. The van der Waals surface area contributed by atoms with E-state index >= 15 is 0 Å². The van der Waals surface area contributed by atoms with Crippen LogP contribution in [-0.4, -0.2) is 26.9 Å². The summed E-state index contributed by atoms with van der Waals surface area (Å²) in [6.45, 7) is 3.03. The second kappa shape index (κ2) is 7.01. The van der Waals surface area contributed by atoms with Crippen molar-refractivity contribution in [2.75, 3.05) is 12.1 Å². The van der Waals surface area contributed by atoms with Gasteiger partial charge in [-0.05, 0) is 18.7 Å². The maximum absolute atomic E-state index is 13.5. The van der Waals surface area contributed by atoms with Gasteiger partial charge in [-0.1, -0.05) is 18.5 Å². The number of aryl methyl sites for hydroxylation is 2. The van der Waals surface area contributed by atoms with E-state index in [-0.39, 0.29) is 5.02 Å². The predicted molar refractivity (Wildman–Crippen MR) is 86.7 cm³/mol. The lowest BCUT2D eigenvalue weighted by molar-refractivity contribution is 0.625. The molecule has 0 aliphatic heterocycles. The highest BCUT2D eigenvalue weighted by atomic mass is 35.5. The fraction of sp³-hybridized carbons (Fsp3) is 0.500. The van der Waals surface area contributed by atoms with Crippen molar-refractivity contribution in [2.45, 2.75) is 31.6 Å². The van der Waals surface area contributed by atoms with Crippen molar-refractivity contribution in [3.63, 3.8) is 0 Å². The maximum atomic E-state index is 13.5. The number of halogens is 3. The number of fused-ring (bicyclic) bond motifs is 1. The molecule has 0 bridgehead atoms. The van der Waals surface area contributed by atoms with Gasteiger partial charge in [0.15, 0.2) is 0 Å². The molecular weight excluding hydrogens is 318 g/mol. The van der Waals surface area contributed by atoms with E-state index in [1.165, 1.54) is 6.07 Å². The normalized spacial score (nSPS) is 13.1. The Bertz CT molecular complexity index is 600. The number of hydrogen-bond acceptors (Lipinski definition) is 2. The molecule has 0 saturated heterocycles. The molecule has 0 spiro atoms. The molecule has 1 heterocycles. The summed E-state index contributed by atoms with van der Waals surface area (Å²) in [5.74, 6) is 0.959. The zero-order valence-corrected chi connectivity index (χ0v) is 13.8. The average molecular weight is 335 g/mol. The minimum atomic E-state index is -0.432. The van der Waals surface area contributed by atoms with Crippen LogP contribution in [0.5, 0.6) is 0 Å². The molecule has 0 amide bonds. The van der Waals surface area contributed by atoms with Crippen LogP contribution in [0.25, 0.3) is 11.0 Å². The number of alkyl halides is 1. The molecule has 1 aromatic carbocycles. The van der Waals surface area contributed by atoms with Crippen molar-refractivity contribution in [3.05, 3.63) is 28.8 Å². The highest BCUT2D eigenvalue weighted by molar-refractivity contribution is 7.99. The van der Waals surface area contributed by atoms with Crippen LogP contribution in [-0.2, 0) is 13.0 Å². The Morgan fingerprint density at radius 3 is 2.85 bits per heavy atom. The van der Waals surface area contributed by atoms with Gasteiger partial charge in [-0.25, -0.2) is 9.37 Å². The smallest absolute Gasteiger partial charge is 0.144 e. The van der Waals surface area contributed by atoms with Crippen molar-refractivity contribution in [2.24, 2.45) is 0 Å². The molecule has 0 saturated carbocycles. The van der Waals surface area contributed by atoms with E-state index in [0.717, 1.165) is 24.3 Å². The maximum Gasteiger partial charge on any atom is 0.144 e. The molecule has 20 heavy (non-hydrogen) atoms. The summed E-state index contributed by atoms with van der Waals surface area (Å²) in [5.41, 5.74) is 1.52. The van der Waals surface area contributed by atoms with Crippen LogP contribution in [0.15, 0.2) is 12.1 Å². The molecule has 0 aliphatic rings. The Kier molecular flexibility index (Phi) is 5.58. The van der Waals surface area contributed by atoms with E-state index in [9.17, 15) is 4.39 Å². The highest BCUT2D eigenvalue weighted by Crippen LogP contribution is 2.25. The zero-order chi connectivity index (χ0) is 14.7. The van der Waals surface area contributed by atoms with Gasteiger partial charge >= 0.3 is 0 Å². The first-order chi connectivity index (χ1) is 9.56. The SMILES string of the molecule is CSC(C)CCn1c(CCCl)nc2cc(F)c(Cl)cc21. The Morgan fingerprint density at radius 1 is 1.45 bits per heavy atom. The second-order valence-corrected chi connectivity index (χ2v) is 6.77. The lowest BCUT2D eigenvalue weighted by atomic mass is 10.3. The predicted octanol–water partition coefficient (Wildman–Crippen LogP) is 4.75. The molecule has 2 aromatic rings. The van der Waals surface area contributed by atoms with Crippen molar-refractivity contribution in [3.8, 4) is 0 Å². The average Bonchev–Trinajstić information content (AvgIpc) is 2.74. The second-order valence-electron chi connectivity index (χ2n) is 4.71. The van der Waals surface area contributed by atoms with Crippen LogP contribution in [0.1, 0.15) is 19.2 Å². The molecule has 0 fully saturated rings. The number of imidazole rings is 1. The van der Waals surface area contributed by atoms with E-state index in [1.54, 1.807) is 6.07 Å². The molecule has 0 aliphatic carbocycles. The summed E-state index contributed by atoms with van der Waals surface area (Å²) in [4.78, 5) is 4.48. The summed E-state index contributed by atoms with van der Waals surface area (Å²) in [7, 11) is 0. The van der Waals surface area contributed by atoms with Crippen LogP contribution in [0.3, 0.4) is 0 Å². The molecule has 1 unspecified atom stereocenters. The summed E-state index contributed by atoms with van der Waals surface area (Å²) in [6.07, 6.45) is 3.79. The van der Waals surface area contributed by atoms with Gasteiger partial charge in [-0.3, -0.25) is 0 Å². The zero-order valence-electron chi connectivity index (χ0n) is 11.5. The van der Waals surface area contributed by atoms with E-state index in [2.05, 4.69) is 22.7 Å². The molecule has 0 radical (unpaired) electrons. The molecule has 2 rings (SSSR count). The quantitative estimate of drug-likeness (QED) is 0.709. The molecule has 1 atom stereocenters. The minimum absolute atomic E-state index is 0.133. The van der Waals surface area contributed by atoms with E-state index in [0.29, 0.717) is 23.1 Å². The Morgan fingerprint density at radius 2 is 2.20 bits per heavy atom. The fourth-order valence-corrected chi connectivity index (χ4v) is 2.79. The number of thioether (sulfide) groups is 1. The van der Waals surface area contributed by atoms with Crippen LogP contribution in [0.4, 0.5) is 4.39 Å². The molecule has 2 nitrogen and oxygen atoms in total. The third kappa shape index (κ3) is 3.41. The van der Waals surface area contributed by atoms with Gasteiger partial charge in [0.1, 0.15) is 11.6 Å². The van der Waals surface area contributed by atoms with Crippen LogP contribution < -0.4 is 0 Å². The van der Waals surface area contributed by atoms with Gasteiger partial charge in [0.05, 0.1) is 16.1 Å². The first-order valence-corrected chi connectivity index (χ1v) is 8.69. The van der Waals surface area contributed by atoms with Gasteiger partial charge in [0.2, 0.25) is 0 Å². The molecule has 1 aromatic heterocycles. The van der Waals surface area contributed by atoms with E-state index < -0.39 is 5.82 Å². The number of rotatable bonds is 6. The van der Waals surface area contributed by atoms with E-state index in [1.807, 2.05) is 11.8 Å². The van der Waals surface area contributed by atoms with E-state index in [4.69, 9.17) is 23.2 Å². The fourth-order valence-electron chi connectivity index (χ4n) is 2.12. The molecule has 110 valence electrons. The van der Waals surface area contributed by atoms with Gasteiger partial charge < -0.3 is 4.57 Å². The third-order valence-corrected chi connectivity index (χ3v) is 4.87. The highest BCUT2D eigenvalue weighted by Gasteiger charge is 2.14. The van der Waals surface area contributed by atoms with Crippen LogP contribution >= 0.6 is 35.0 Å². The third-order valence-electron chi connectivity index (χ3n) is 3.35. The van der Waals surface area contributed by atoms with Crippen molar-refractivity contribution < 1.29 is 4.39 Å². The number of aromatic nitrogens is 2. The Balaban J connectivity index is 2.42. The first kappa shape index (κ1) is 15.9. The lowest BCUT2D eigenvalue weighted by Crippen LogP contribution is -2.08. The van der Waals surface area contributed by atoms with Gasteiger partial charge in [-0.15, -0.1) is 11.6 Å². The van der Waals surface area contributed by atoms with Gasteiger partial charge in [-0.2, -0.15) is 11.8 Å². The molecule has 6 heteroatoms.